The lowest BCUT2D eigenvalue weighted by atomic mass is 10.0. The number of amides is 1. The normalized spacial score (nSPS) is 24.3. The Kier molecular flexibility index (Phi) is 7.23. The Morgan fingerprint density at radius 1 is 0.689 bits per heavy atom. The highest BCUT2D eigenvalue weighted by Crippen LogP contribution is 2.37. The van der Waals surface area contributed by atoms with Crippen LogP contribution in [0, 0.1) is 0 Å². The number of thiazole rings is 2. The van der Waals surface area contributed by atoms with Crippen LogP contribution < -0.4 is 9.80 Å². The fourth-order valence-electron chi connectivity index (χ4n) is 7.50. The second kappa shape index (κ2) is 11.5. The van der Waals surface area contributed by atoms with Crippen LogP contribution in [0.4, 0.5) is 10.3 Å². The highest BCUT2D eigenvalue weighted by molar-refractivity contribution is 7.22. The first-order chi connectivity index (χ1) is 22.1. The van der Waals surface area contributed by atoms with E-state index in [2.05, 4.69) is 60.7 Å². The highest BCUT2D eigenvalue weighted by atomic mass is 32.1. The van der Waals surface area contributed by atoms with Gasteiger partial charge in [0.2, 0.25) is 0 Å². The van der Waals surface area contributed by atoms with Crippen LogP contribution in [-0.2, 0) is 0 Å². The molecule has 0 N–H and O–H groups in total. The Balaban J connectivity index is 0.932. The van der Waals surface area contributed by atoms with Crippen molar-refractivity contribution in [1.29, 1.82) is 0 Å². The van der Waals surface area contributed by atoms with Crippen molar-refractivity contribution in [2.24, 2.45) is 0 Å². The summed E-state index contributed by atoms with van der Waals surface area (Å²) in [6, 6.07) is 14.4. The first-order valence-corrected chi connectivity index (χ1v) is 18.5. The van der Waals surface area contributed by atoms with Gasteiger partial charge in [-0.05, 0) is 68.6 Å². The monoisotopic (exact) mass is 642 g/mol. The second-order valence-corrected chi connectivity index (χ2v) is 15.7. The van der Waals surface area contributed by atoms with Crippen molar-refractivity contribution in [3.63, 3.8) is 0 Å². The molecule has 236 valence electrons. The maximum atomic E-state index is 14.2. The van der Waals surface area contributed by atoms with Crippen molar-refractivity contribution in [2.75, 3.05) is 88.8 Å². The smallest absolute Gasteiger partial charge is 0.254 e. The van der Waals surface area contributed by atoms with Gasteiger partial charge in [-0.3, -0.25) is 14.6 Å². The van der Waals surface area contributed by atoms with Gasteiger partial charge in [-0.25, -0.2) is 9.97 Å². The minimum absolute atomic E-state index is 0.00349. The molecule has 5 aliphatic rings. The summed E-state index contributed by atoms with van der Waals surface area (Å²) in [6.45, 7) is 11.1. The van der Waals surface area contributed by atoms with Gasteiger partial charge in [-0.1, -0.05) is 28.7 Å². The number of carbonyl (C=O) groups is 1. The van der Waals surface area contributed by atoms with Crippen LogP contribution in [0.2, 0.25) is 0 Å². The number of likely N-dealkylation sites (N-methyl/N-ethyl adjacent to an activating group) is 1. The molecule has 5 heterocycles. The van der Waals surface area contributed by atoms with Gasteiger partial charge in [-0.15, -0.1) is 0 Å². The van der Waals surface area contributed by atoms with Gasteiger partial charge in [0.1, 0.15) is 0 Å². The number of nitrogens with zero attached hydrogens (tertiary/aromatic N) is 8. The van der Waals surface area contributed by atoms with Gasteiger partial charge in [-0.2, -0.15) is 0 Å². The van der Waals surface area contributed by atoms with Gasteiger partial charge in [0.15, 0.2) is 10.3 Å². The standard InChI is InChI=1S/C34H42N8OS2/c1-37-10-19-42(32(43)24-3-9-28-31(21-24)45-34(36-28)41-17-13-39(14-18-41)26-6-7-26)29(22-37)23-2-8-27-30(20-23)44-33(35-27)40-15-11-38(12-16-40)25-4-5-25/h2-3,8-9,20-21,25-26,29H,4-7,10-19,22H2,1H3. The number of carbonyl (C=O) groups excluding carboxylic acids is 1. The summed E-state index contributed by atoms with van der Waals surface area (Å²) in [6.07, 6.45) is 5.48. The summed E-state index contributed by atoms with van der Waals surface area (Å²) in [7, 11) is 2.16. The Morgan fingerprint density at radius 3 is 1.82 bits per heavy atom. The van der Waals surface area contributed by atoms with E-state index >= 15 is 0 Å². The van der Waals surface area contributed by atoms with Gasteiger partial charge in [0, 0.05) is 89.6 Å². The Bertz CT molecular complexity index is 1710. The van der Waals surface area contributed by atoms with Gasteiger partial charge < -0.3 is 19.6 Å². The molecule has 45 heavy (non-hydrogen) atoms. The zero-order chi connectivity index (χ0) is 30.1. The summed E-state index contributed by atoms with van der Waals surface area (Å²) in [5, 5.41) is 2.22. The number of piperazine rings is 3. The molecule has 2 aromatic heterocycles. The highest BCUT2D eigenvalue weighted by Gasteiger charge is 2.34. The largest absolute Gasteiger partial charge is 0.345 e. The zero-order valence-corrected chi connectivity index (χ0v) is 27.7. The minimum atomic E-state index is 0.00349. The molecule has 0 radical (unpaired) electrons. The summed E-state index contributed by atoms with van der Waals surface area (Å²) in [5.41, 5.74) is 4.01. The van der Waals surface area contributed by atoms with Crippen molar-refractivity contribution in [3.05, 3.63) is 47.5 Å². The number of hydrogen-bond acceptors (Lipinski definition) is 10. The molecule has 9 nitrogen and oxygen atoms in total. The van der Waals surface area contributed by atoms with E-state index < -0.39 is 0 Å². The van der Waals surface area contributed by atoms with Crippen molar-refractivity contribution >= 4 is 59.3 Å². The predicted octanol–water partition coefficient (Wildman–Crippen LogP) is 4.60. The molecule has 0 spiro atoms. The Labute approximate surface area is 273 Å². The maximum Gasteiger partial charge on any atom is 0.254 e. The van der Waals surface area contributed by atoms with Crippen LogP contribution in [0.3, 0.4) is 0 Å². The number of aromatic nitrogens is 2. The summed E-state index contributed by atoms with van der Waals surface area (Å²) in [5.74, 6) is 0.113. The first kappa shape index (κ1) is 28.4. The molecule has 1 atom stereocenters. The molecule has 9 rings (SSSR count). The van der Waals surface area contributed by atoms with Crippen LogP contribution in [0.5, 0.6) is 0 Å². The molecule has 4 aromatic rings. The number of fused-ring (bicyclic) bond motifs is 2. The van der Waals surface area contributed by atoms with Crippen LogP contribution in [-0.4, -0.2) is 127 Å². The van der Waals surface area contributed by atoms with Crippen LogP contribution in [0.1, 0.15) is 47.6 Å². The number of hydrogen-bond donors (Lipinski definition) is 0. The molecule has 11 heteroatoms. The van der Waals surface area contributed by atoms with Crippen molar-refractivity contribution in [2.45, 2.75) is 43.8 Å². The van der Waals surface area contributed by atoms with E-state index in [1.165, 1.54) is 35.9 Å². The van der Waals surface area contributed by atoms with E-state index in [4.69, 9.17) is 9.97 Å². The quantitative estimate of drug-likeness (QED) is 0.303. The van der Waals surface area contributed by atoms with E-state index in [0.717, 1.165) is 109 Å². The van der Waals surface area contributed by atoms with E-state index in [9.17, 15) is 4.79 Å². The molecule has 3 saturated heterocycles. The van der Waals surface area contributed by atoms with Gasteiger partial charge in [0.05, 0.1) is 26.5 Å². The summed E-state index contributed by atoms with van der Waals surface area (Å²) in [4.78, 5) is 38.8. The van der Waals surface area contributed by atoms with E-state index in [1.54, 1.807) is 22.7 Å². The lowest BCUT2D eigenvalue weighted by Gasteiger charge is -2.40. The molecule has 1 unspecified atom stereocenters. The fraction of sp³-hybridized carbons (Fsp3) is 0.559. The average Bonchev–Trinajstić information content (AvgIpc) is 4.02. The topological polar surface area (TPSA) is 62.3 Å². The lowest BCUT2D eigenvalue weighted by molar-refractivity contribution is 0.0498. The molecular weight excluding hydrogens is 601 g/mol. The summed E-state index contributed by atoms with van der Waals surface area (Å²) < 4.78 is 2.31. The number of benzene rings is 2. The van der Waals surface area contributed by atoms with Crippen molar-refractivity contribution in [1.82, 2.24) is 29.6 Å². The lowest BCUT2D eigenvalue weighted by Crippen LogP contribution is -2.49. The molecule has 1 amide bonds. The molecule has 3 aliphatic heterocycles. The number of rotatable bonds is 6. The van der Waals surface area contributed by atoms with Crippen molar-refractivity contribution in [3.8, 4) is 0 Å². The van der Waals surface area contributed by atoms with E-state index in [0.29, 0.717) is 6.54 Å². The Morgan fingerprint density at radius 2 is 1.24 bits per heavy atom. The maximum absolute atomic E-state index is 14.2. The average molecular weight is 643 g/mol. The predicted molar refractivity (Wildman–Crippen MR) is 184 cm³/mol. The third kappa shape index (κ3) is 5.60. The van der Waals surface area contributed by atoms with Gasteiger partial charge >= 0.3 is 0 Å². The van der Waals surface area contributed by atoms with Crippen LogP contribution >= 0.6 is 22.7 Å². The van der Waals surface area contributed by atoms with Gasteiger partial charge in [0.25, 0.3) is 5.91 Å². The zero-order valence-electron chi connectivity index (χ0n) is 26.1. The van der Waals surface area contributed by atoms with E-state index in [-0.39, 0.29) is 11.9 Å². The summed E-state index contributed by atoms with van der Waals surface area (Å²) >= 11 is 3.53. The Hall–Kier alpha value is -2.83. The van der Waals surface area contributed by atoms with Crippen molar-refractivity contribution < 1.29 is 4.79 Å². The molecule has 2 aromatic carbocycles. The first-order valence-electron chi connectivity index (χ1n) is 16.8. The molecule has 5 fully saturated rings. The molecule has 0 bridgehead atoms. The fourth-order valence-corrected chi connectivity index (χ4v) is 9.62. The van der Waals surface area contributed by atoms with Crippen LogP contribution in [0.25, 0.3) is 20.4 Å². The minimum Gasteiger partial charge on any atom is -0.345 e. The molecule has 2 saturated carbocycles. The van der Waals surface area contributed by atoms with Crippen LogP contribution in [0.15, 0.2) is 36.4 Å². The molecular formula is C34H42N8OS2. The third-order valence-electron chi connectivity index (χ3n) is 10.6. The second-order valence-electron chi connectivity index (χ2n) is 13.7. The molecule has 2 aliphatic carbocycles. The number of anilines is 2. The SMILES string of the molecule is CN1CCN(C(=O)c2ccc3nc(N4CCN(C5CC5)CC4)sc3c2)C(c2ccc3nc(N4CCN(C5CC5)CC4)sc3c2)C1. The third-order valence-corrected chi connectivity index (χ3v) is 12.7. The van der Waals surface area contributed by atoms with E-state index in [1.807, 2.05) is 12.1 Å².